The molecule has 0 amide bonds. The Morgan fingerprint density at radius 1 is 1.39 bits per heavy atom. The van der Waals surface area contributed by atoms with Crippen molar-refractivity contribution in [3.05, 3.63) is 17.7 Å². The maximum Gasteiger partial charge on any atom is 0.168 e. The van der Waals surface area contributed by atoms with Gasteiger partial charge >= 0.3 is 0 Å². The molecule has 6 heteroatoms. The number of anilines is 2. The quantitative estimate of drug-likeness (QED) is 0.738. The second-order valence-electron chi connectivity index (χ2n) is 4.43. The molecule has 18 heavy (non-hydrogen) atoms. The molecule has 102 valence electrons. The van der Waals surface area contributed by atoms with E-state index in [-0.39, 0.29) is 11.6 Å². The lowest BCUT2D eigenvalue weighted by Gasteiger charge is -2.09. The van der Waals surface area contributed by atoms with Gasteiger partial charge in [0.25, 0.3) is 0 Å². The summed E-state index contributed by atoms with van der Waals surface area (Å²) in [5, 5.41) is 2.76. The summed E-state index contributed by atoms with van der Waals surface area (Å²) >= 11 is 0. The Hall–Kier alpha value is -1.43. The third kappa shape index (κ3) is 4.83. The van der Waals surface area contributed by atoms with Gasteiger partial charge in [-0.1, -0.05) is 13.8 Å². The number of halogens is 2. The molecule has 0 bridgehead atoms. The summed E-state index contributed by atoms with van der Waals surface area (Å²) in [6, 6.07) is 0.722. The van der Waals surface area contributed by atoms with E-state index in [0.29, 0.717) is 32.1 Å². The van der Waals surface area contributed by atoms with E-state index in [1.54, 1.807) is 0 Å². The summed E-state index contributed by atoms with van der Waals surface area (Å²) in [5.74, 6) is -1.44. The maximum atomic E-state index is 13.3. The average molecular weight is 259 g/mol. The molecule has 1 heterocycles. The van der Waals surface area contributed by atoms with Crippen LogP contribution in [0, 0.1) is 17.6 Å². The number of nitrogens with one attached hydrogen (secondary N) is 1. The van der Waals surface area contributed by atoms with Crippen molar-refractivity contribution >= 4 is 11.6 Å². The lowest BCUT2D eigenvalue weighted by molar-refractivity contribution is 0.110. The molecule has 0 aromatic carbocycles. The highest BCUT2D eigenvalue weighted by Crippen LogP contribution is 2.16. The van der Waals surface area contributed by atoms with Gasteiger partial charge in [-0.05, 0) is 12.3 Å². The molecular weight excluding hydrogens is 240 g/mol. The fourth-order valence-corrected chi connectivity index (χ4v) is 1.30. The van der Waals surface area contributed by atoms with Crippen LogP contribution in [0.1, 0.15) is 20.3 Å². The summed E-state index contributed by atoms with van der Waals surface area (Å²) in [4.78, 5) is 3.59. The summed E-state index contributed by atoms with van der Waals surface area (Å²) in [6.45, 7) is 5.92. The van der Waals surface area contributed by atoms with Gasteiger partial charge in [0.05, 0.1) is 0 Å². The van der Waals surface area contributed by atoms with Gasteiger partial charge in [-0.2, -0.15) is 0 Å². The molecule has 1 rings (SSSR count). The first kappa shape index (κ1) is 14.6. The van der Waals surface area contributed by atoms with Crippen molar-refractivity contribution in [3.63, 3.8) is 0 Å². The van der Waals surface area contributed by atoms with Crippen molar-refractivity contribution < 1.29 is 13.5 Å². The Morgan fingerprint density at radius 3 is 2.78 bits per heavy atom. The zero-order valence-corrected chi connectivity index (χ0v) is 10.7. The fourth-order valence-electron chi connectivity index (χ4n) is 1.30. The minimum Gasteiger partial charge on any atom is -0.381 e. The lowest BCUT2D eigenvalue weighted by atomic mass is 10.2. The molecular formula is C12H19F2N3O. The summed E-state index contributed by atoms with van der Waals surface area (Å²) in [6.07, 6.45) is 0.713. The second kappa shape index (κ2) is 7.10. The predicted octanol–water partition coefficient (Wildman–Crippen LogP) is 2.42. The van der Waals surface area contributed by atoms with E-state index in [1.807, 2.05) is 0 Å². The van der Waals surface area contributed by atoms with Crippen molar-refractivity contribution in [1.82, 2.24) is 4.98 Å². The van der Waals surface area contributed by atoms with E-state index in [9.17, 15) is 8.78 Å². The van der Waals surface area contributed by atoms with Gasteiger partial charge in [0.1, 0.15) is 0 Å². The molecule has 0 atom stereocenters. The molecule has 0 radical (unpaired) electrons. The fraction of sp³-hybridized carbons (Fsp3) is 0.583. The average Bonchev–Trinajstić information content (AvgIpc) is 2.29. The Balaban J connectivity index is 2.29. The van der Waals surface area contributed by atoms with Crippen LogP contribution in [-0.2, 0) is 4.74 Å². The first-order chi connectivity index (χ1) is 8.50. The van der Waals surface area contributed by atoms with Crippen molar-refractivity contribution in [3.8, 4) is 0 Å². The Labute approximate surface area is 106 Å². The van der Waals surface area contributed by atoms with Crippen molar-refractivity contribution in [2.45, 2.75) is 20.3 Å². The number of nitrogen functional groups attached to an aromatic ring is 1. The van der Waals surface area contributed by atoms with Gasteiger partial charge in [-0.25, -0.2) is 13.8 Å². The Bertz CT molecular complexity index is 386. The van der Waals surface area contributed by atoms with Crippen LogP contribution in [0.15, 0.2) is 6.07 Å². The van der Waals surface area contributed by atoms with Crippen LogP contribution in [0.3, 0.4) is 0 Å². The van der Waals surface area contributed by atoms with E-state index in [2.05, 4.69) is 24.1 Å². The topological polar surface area (TPSA) is 60.2 Å². The van der Waals surface area contributed by atoms with Crippen LogP contribution in [0.2, 0.25) is 0 Å². The first-order valence-electron chi connectivity index (χ1n) is 5.94. The number of nitrogens with zero attached hydrogens (tertiary/aromatic N) is 1. The van der Waals surface area contributed by atoms with Crippen LogP contribution in [-0.4, -0.2) is 24.7 Å². The molecule has 0 aliphatic rings. The van der Waals surface area contributed by atoms with Crippen LogP contribution < -0.4 is 11.1 Å². The largest absolute Gasteiger partial charge is 0.381 e. The van der Waals surface area contributed by atoms with E-state index >= 15 is 0 Å². The van der Waals surface area contributed by atoms with E-state index in [4.69, 9.17) is 10.5 Å². The van der Waals surface area contributed by atoms with Gasteiger partial charge in [-0.3, -0.25) is 0 Å². The summed E-state index contributed by atoms with van der Waals surface area (Å²) in [5.41, 5.74) is 5.26. The predicted molar refractivity (Wildman–Crippen MR) is 67.3 cm³/mol. The van der Waals surface area contributed by atoms with Crippen LogP contribution >= 0.6 is 0 Å². The molecule has 0 saturated carbocycles. The highest BCUT2D eigenvalue weighted by atomic mass is 19.1. The van der Waals surface area contributed by atoms with Gasteiger partial charge in [0, 0.05) is 25.8 Å². The maximum absolute atomic E-state index is 13.3. The standard InChI is InChI=1S/C12H19F2N3O/c1-8(2)7-18-5-3-4-16-12-10(14)6-9(13)11(15)17-12/h6,8H,3-5,7H2,1-2H3,(H3,15,16,17). The normalized spacial score (nSPS) is 10.9. The number of hydrogen-bond donors (Lipinski definition) is 2. The van der Waals surface area contributed by atoms with E-state index < -0.39 is 11.6 Å². The Morgan fingerprint density at radius 2 is 2.11 bits per heavy atom. The molecule has 0 saturated heterocycles. The number of ether oxygens (including phenoxy) is 1. The third-order valence-corrected chi connectivity index (χ3v) is 2.17. The number of pyridine rings is 1. The second-order valence-corrected chi connectivity index (χ2v) is 4.43. The number of nitrogens with two attached hydrogens (primary N) is 1. The van der Waals surface area contributed by atoms with E-state index in [1.165, 1.54) is 0 Å². The highest BCUT2D eigenvalue weighted by molar-refractivity contribution is 5.44. The SMILES string of the molecule is CC(C)COCCCNc1nc(N)c(F)cc1F. The van der Waals surface area contributed by atoms with Crippen molar-refractivity contribution in [2.24, 2.45) is 5.92 Å². The number of hydrogen-bond acceptors (Lipinski definition) is 4. The number of rotatable bonds is 7. The van der Waals surface area contributed by atoms with Crippen molar-refractivity contribution in [2.75, 3.05) is 30.8 Å². The highest BCUT2D eigenvalue weighted by Gasteiger charge is 2.08. The molecule has 1 aromatic rings. The smallest absolute Gasteiger partial charge is 0.168 e. The molecule has 1 aromatic heterocycles. The summed E-state index contributed by atoms with van der Waals surface area (Å²) < 4.78 is 31.5. The van der Waals surface area contributed by atoms with E-state index in [0.717, 1.165) is 6.07 Å². The molecule has 0 spiro atoms. The zero-order valence-electron chi connectivity index (χ0n) is 10.7. The molecule has 4 nitrogen and oxygen atoms in total. The number of aromatic nitrogens is 1. The van der Waals surface area contributed by atoms with Gasteiger partial charge < -0.3 is 15.8 Å². The molecule has 0 aliphatic heterocycles. The minimum atomic E-state index is -0.849. The lowest BCUT2D eigenvalue weighted by Crippen LogP contribution is -2.11. The van der Waals surface area contributed by atoms with Crippen LogP contribution in [0.4, 0.5) is 20.4 Å². The van der Waals surface area contributed by atoms with Gasteiger partial charge in [-0.15, -0.1) is 0 Å². The minimum absolute atomic E-state index is 0.0299. The first-order valence-corrected chi connectivity index (χ1v) is 5.94. The summed E-state index contributed by atoms with van der Waals surface area (Å²) in [7, 11) is 0. The molecule has 0 unspecified atom stereocenters. The van der Waals surface area contributed by atoms with Gasteiger partial charge in [0.15, 0.2) is 23.3 Å². The van der Waals surface area contributed by atoms with Crippen LogP contribution in [0.5, 0.6) is 0 Å². The third-order valence-electron chi connectivity index (χ3n) is 2.17. The molecule has 0 fully saturated rings. The zero-order chi connectivity index (χ0) is 13.5. The monoisotopic (exact) mass is 259 g/mol. The van der Waals surface area contributed by atoms with Crippen molar-refractivity contribution in [1.29, 1.82) is 0 Å². The van der Waals surface area contributed by atoms with Crippen LogP contribution in [0.25, 0.3) is 0 Å². The molecule has 3 N–H and O–H groups in total. The Kier molecular flexibility index (Phi) is 5.77. The molecule has 0 aliphatic carbocycles. The van der Waals surface area contributed by atoms with Gasteiger partial charge in [0.2, 0.25) is 0 Å².